The molecule has 2 amide bonds. The van der Waals surface area contributed by atoms with Crippen molar-refractivity contribution in [2.75, 3.05) is 4.90 Å². The number of hydrogen-bond acceptors (Lipinski definition) is 8. The molecular weight excluding hydrogens is 599 g/mol. The first-order valence-corrected chi connectivity index (χ1v) is 14.3. The molecule has 3 heterocycles. The monoisotopic (exact) mass is 629 g/mol. The summed E-state index contributed by atoms with van der Waals surface area (Å²) in [6.07, 6.45) is -3.69. The summed E-state index contributed by atoms with van der Waals surface area (Å²) in [7, 11) is 0. The van der Waals surface area contributed by atoms with Crippen LogP contribution in [0.15, 0.2) is 60.0 Å². The van der Waals surface area contributed by atoms with Gasteiger partial charge in [-0.15, -0.1) is 21.5 Å². The van der Waals surface area contributed by atoms with Crippen LogP contribution < -0.4 is 16.0 Å². The predicted molar refractivity (Wildman–Crippen MR) is 157 cm³/mol. The van der Waals surface area contributed by atoms with Crippen molar-refractivity contribution in [1.82, 2.24) is 25.9 Å². The minimum absolute atomic E-state index is 0.116. The molecule has 1 atom stereocenters. The Labute approximate surface area is 254 Å². The van der Waals surface area contributed by atoms with Crippen molar-refractivity contribution >= 4 is 34.8 Å². The highest BCUT2D eigenvalue weighted by Gasteiger charge is 2.38. The molecule has 2 aromatic heterocycles. The number of thiophene rings is 1. The summed E-state index contributed by atoms with van der Waals surface area (Å²) in [6.45, 7) is 4.00. The molecule has 11 nitrogen and oxygen atoms in total. The first kappa shape index (κ1) is 32.3. The number of amides is 2. The van der Waals surface area contributed by atoms with E-state index in [4.69, 9.17) is 15.6 Å². The molecule has 44 heavy (non-hydrogen) atoms. The van der Waals surface area contributed by atoms with Crippen LogP contribution in [0.2, 0.25) is 0 Å². The maximum Gasteiger partial charge on any atom is 0.490 e. The van der Waals surface area contributed by atoms with Gasteiger partial charge >= 0.3 is 12.1 Å². The highest BCUT2D eigenvalue weighted by Crippen LogP contribution is 2.35. The zero-order valence-electron chi connectivity index (χ0n) is 23.8. The number of alkyl halides is 3. The Kier molecular flexibility index (Phi) is 9.79. The van der Waals surface area contributed by atoms with Crippen LogP contribution in [0.25, 0.3) is 21.8 Å². The second kappa shape index (κ2) is 13.3. The lowest BCUT2D eigenvalue weighted by Gasteiger charge is -2.27. The molecule has 0 bridgehead atoms. The Bertz CT molecular complexity index is 1600. The second-order valence-corrected chi connectivity index (χ2v) is 11.7. The number of para-hydroxylation sites is 1. The van der Waals surface area contributed by atoms with Crippen molar-refractivity contribution in [2.24, 2.45) is 5.73 Å². The quantitative estimate of drug-likeness (QED) is 0.235. The van der Waals surface area contributed by atoms with Crippen LogP contribution in [0.3, 0.4) is 0 Å². The van der Waals surface area contributed by atoms with E-state index in [1.807, 2.05) is 60.0 Å². The number of aromatic nitrogens is 4. The lowest BCUT2D eigenvalue weighted by Crippen LogP contribution is -2.49. The molecule has 0 radical (unpaired) electrons. The zero-order valence-corrected chi connectivity index (χ0v) is 24.6. The summed E-state index contributed by atoms with van der Waals surface area (Å²) in [5.74, 6) is -2.52. The summed E-state index contributed by atoms with van der Waals surface area (Å²) in [5.41, 5.74) is 10.4. The molecule has 0 aliphatic carbocycles. The highest BCUT2D eigenvalue weighted by molar-refractivity contribution is 7.14. The van der Waals surface area contributed by atoms with E-state index < -0.39 is 23.7 Å². The number of carboxylic acids is 1. The van der Waals surface area contributed by atoms with Gasteiger partial charge in [-0.3, -0.25) is 9.59 Å². The van der Waals surface area contributed by atoms with Gasteiger partial charge in [0.1, 0.15) is 6.04 Å². The number of rotatable bonds is 7. The van der Waals surface area contributed by atoms with E-state index in [-0.39, 0.29) is 18.2 Å². The number of nitrogens with zero attached hydrogens (tertiary/aromatic N) is 4. The number of carbonyl (C=O) groups is 3. The molecule has 1 aliphatic heterocycles. The second-order valence-electron chi connectivity index (χ2n) is 10.8. The Hall–Kier alpha value is -4.63. The Morgan fingerprint density at radius 2 is 1.82 bits per heavy atom. The highest BCUT2D eigenvalue weighted by atomic mass is 32.1. The smallest absolute Gasteiger partial charge is 0.475 e. The van der Waals surface area contributed by atoms with Gasteiger partial charge in [0.15, 0.2) is 0 Å². The van der Waals surface area contributed by atoms with Crippen LogP contribution >= 0.6 is 11.3 Å². The molecular formula is C29H30F3N7O4S. The predicted octanol–water partition coefficient (Wildman–Crippen LogP) is 4.32. The first-order chi connectivity index (χ1) is 20.7. The van der Waals surface area contributed by atoms with Gasteiger partial charge in [0, 0.05) is 23.2 Å². The molecule has 0 spiro atoms. The standard InChI is InChI=1S/C27H29N7O2S.C2HF3O2/c1-27(2,28)15-23(35)29-21-12-11-19-5-3-4-6-22(19)34(26(21)36)16-17-7-9-18(10-8-17)20-13-14-37-24(20)25-30-32-33-31-25;3-2(4,5)1(6)7/h3-10,13-14,21H,11-12,15-16,28H2,1-2H3,(H,29,35)(H,30,31,32,33);(H,6,7)/t21-;/m1./s1. The molecule has 0 unspecified atom stereocenters. The normalized spacial score (nSPS) is 15.1. The van der Waals surface area contributed by atoms with E-state index >= 15 is 0 Å². The molecule has 1 aliphatic rings. The number of benzene rings is 2. The largest absolute Gasteiger partial charge is 0.490 e. The molecule has 15 heteroatoms. The van der Waals surface area contributed by atoms with Gasteiger partial charge in [-0.05, 0) is 66.1 Å². The molecule has 5 N–H and O–H groups in total. The van der Waals surface area contributed by atoms with Gasteiger partial charge in [-0.25, -0.2) is 4.79 Å². The van der Waals surface area contributed by atoms with Crippen LogP contribution in [0, 0.1) is 0 Å². The zero-order chi connectivity index (χ0) is 32.1. The fourth-order valence-corrected chi connectivity index (χ4v) is 5.46. The molecule has 5 rings (SSSR count). The van der Waals surface area contributed by atoms with E-state index in [0.717, 1.165) is 32.8 Å². The number of fused-ring (bicyclic) bond motifs is 1. The number of H-pyrrole nitrogens is 1. The van der Waals surface area contributed by atoms with Crippen LogP contribution in [-0.4, -0.2) is 61.3 Å². The Balaban J connectivity index is 0.000000566. The lowest BCUT2D eigenvalue weighted by molar-refractivity contribution is -0.192. The SMILES string of the molecule is CC(C)(N)CC(=O)N[C@@H]1CCc2ccccc2N(Cc2ccc(-c3ccsc3-c3nn[nH]n3)cc2)C1=O.O=C(O)C(F)(F)F. The van der Waals surface area contributed by atoms with Gasteiger partial charge in [0.2, 0.25) is 17.6 Å². The number of carbonyl (C=O) groups excluding carboxylic acids is 2. The van der Waals surface area contributed by atoms with Gasteiger partial charge < -0.3 is 21.1 Å². The average Bonchev–Trinajstić information content (AvgIpc) is 3.63. The maximum absolute atomic E-state index is 13.7. The minimum atomic E-state index is -5.08. The van der Waals surface area contributed by atoms with Gasteiger partial charge in [0.25, 0.3) is 0 Å². The third kappa shape index (κ3) is 8.26. The van der Waals surface area contributed by atoms with E-state index in [9.17, 15) is 22.8 Å². The van der Waals surface area contributed by atoms with Gasteiger partial charge in [-0.2, -0.15) is 18.4 Å². The number of nitrogens with two attached hydrogens (primary N) is 1. The van der Waals surface area contributed by atoms with Crippen LogP contribution in [-0.2, 0) is 27.3 Å². The fraction of sp³-hybridized carbons (Fsp3) is 0.310. The van der Waals surface area contributed by atoms with E-state index in [1.54, 1.807) is 30.1 Å². The van der Waals surface area contributed by atoms with Crippen LogP contribution in [0.4, 0.5) is 18.9 Å². The molecule has 0 saturated heterocycles. The summed E-state index contributed by atoms with van der Waals surface area (Å²) < 4.78 is 31.7. The summed E-state index contributed by atoms with van der Waals surface area (Å²) in [4.78, 5) is 37.9. The average molecular weight is 630 g/mol. The van der Waals surface area contributed by atoms with Crippen molar-refractivity contribution in [1.29, 1.82) is 0 Å². The van der Waals surface area contributed by atoms with Gasteiger partial charge in [-0.1, -0.05) is 42.5 Å². The number of aliphatic carboxylic acids is 1. The number of anilines is 1. The number of carboxylic acid groups (broad SMARTS) is 1. The maximum atomic E-state index is 13.7. The third-order valence-electron chi connectivity index (χ3n) is 6.56. The molecule has 4 aromatic rings. The van der Waals surface area contributed by atoms with Crippen molar-refractivity contribution in [3.8, 4) is 21.8 Å². The first-order valence-electron chi connectivity index (χ1n) is 13.4. The number of aryl methyl sites for hydroxylation is 1. The number of halogens is 3. The molecule has 0 saturated carbocycles. The van der Waals surface area contributed by atoms with E-state index in [1.165, 1.54) is 0 Å². The van der Waals surface area contributed by atoms with Crippen molar-refractivity contribution in [3.05, 3.63) is 71.1 Å². The summed E-state index contributed by atoms with van der Waals surface area (Å²) >= 11 is 1.56. The van der Waals surface area contributed by atoms with Crippen molar-refractivity contribution in [3.63, 3.8) is 0 Å². The number of aromatic amines is 1. The van der Waals surface area contributed by atoms with E-state index in [0.29, 0.717) is 25.2 Å². The summed E-state index contributed by atoms with van der Waals surface area (Å²) in [5, 5.41) is 26.4. The van der Waals surface area contributed by atoms with Crippen molar-refractivity contribution < 1.29 is 32.7 Å². The van der Waals surface area contributed by atoms with Crippen LogP contribution in [0.5, 0.6) is 0 Å². The lowest BCUT2D eigenvalue weighted by atomic mass is 10.0. The number of hydrogen-bond donors (Lipinski definition) is 4. The Morgan fingerprint density at radius 1 is 1.14 bits per heavy atom. The fourth-order valence-electron chi connectivity index (χ4n) is 4.61. The number of tetrazole rings is 1. The molecule has 232 valence electrons. The summed E-state index contributed by atoms with van der Waals surface area (Å²) in [6, 6.07) is 17.5. The Morgan fingerprint density at radius 3 is 2.43 bits per heavy atom. The molecule has 2 aromatic carbocycles. The third-order valence-corrected chi connectivity index (χ3v) is 7.47. The minimum Gasteiger partial charge on any atom is -0.475 e. The number of nitrogens with one attached hydrogen (secondary N) is 2. The molecule has 0 fully saturated rings. The van der Waals surface area contributed by atoms with Crippen LogP contribution in [0.1, 0.15) is 37.8 Å². The topological polar surface area (TPSA) is 167 Å². The van der Waals surface area contributed by atoms with Crippen molar-refractivity contribution in [2.45, 2.75) is 57.4 Å². The van der Waals surface area contributed by atoms with Gasteiger partial charge in [0.05, 0.1) is 11.4 Å². The van der Waals surface area contributed by atoms with E-state index in [2.05, 4.69) is 25.9 Å².